The minimum absolute atomic E-state index is 0.0625. The topological polar surface area (TPSA) is 121 Å². The highest BCUT2D eigenvalue weighted by Crippen LogP contribution is 2.47. The second-order valence-corrected chi connectivity index (χ2v) is 12.7. The van der Waals surface area contributed by atoms with Gasteiger partial charge in [-0.2, -0.15) is 0 Å². The van der Waals surface area contributed by atoms with Crippen LogP contribution >= 0.6 is 22.9 Å². The maximum absolute atomic E-state index is 13.3. The van der Waals surface area contributed by atoms with Crippen molar-refractivity contribution in [2.45, 2.75) is 30.2 Å². The van der Waals surface area contributed by atoms with Crippen LogP contribution in [0, 0.1) is 0 Å². The molecule has 13 heteroatoms. The Morgan fingerprint density at radius 1 is 1.21 bits per heavy atom. The van der Waals surface area contributed by atoms with Crippen LogP contribution in [0.5, 0.6) is 5.75 Å². The molecule has 1 atom stereocenters. The van der Waals surface area contributed by atoms with Crippen LogP contribution in [0.4, 0.5) is 15.6 Å². The van der Waals surface area contributed by atoms with E-state index < -0.39 is 21.5 Å². The van der Waals surface area contributed by atoms with Gasteiger partial charge in [0, 0.05) is 44.2 Å². The van der Waals surface area contributed by atoms with Gasteiger partial charge in [0.15, 0.2) is 5.13 Å². The number of nitrogens with one attached hydrogen (secondary N) is 2. The number of carbonyl (C=O) groups excluding carboxylic acids is 2. The molecule has 2 N–H and O–H groups in total. The molecule has 200 valence electrons. The number of carbonyl (C=O) groups is 2. The van der Waals surface area contributed by atoms with Crippen LogP contribution in [0.3, 0.4) is 0 Å². The summed E-state index contributed by atoms with van der Waals surface area (Å²) in [5, 5.41) is 3.13. The Labute approximate surface area is 229 Å². The number of urea groups is 1. The fourth-order valence-corrected chi connectivity index (χ4v) is 6.85. The van der Waals surface area contributed by atoms with Crippen LogP contribution < -0.4 is 19.7 Å². The van der Waals surface area contributed by atoms with E-state index in [1.165, 1.54) is 19.2 Å². The summed E-state index contributed by atoms with van der Waals surface area (Å²) in [7, 11) is -2.32. The third kappa shape index (κ3) is 5.08. The molecule has 2 aliphatic heterocycles. The highest BCUT2D eigenvalue weighted by molar-refractivity contribution is 7.89. The molecule has 3 heterocycles. The number of likely N-dealkylation sites (tertiary alicyclic amines) is 1. The van der Waals surface area contributed by atoms with E-state index >= 15 is 0 Å². The molecule has 0 aliphatic carbocycles. The minimum Gasteiger partial charge on any atom is -0.497 e. The van der Waals surface area contributed by atoms with Crippen molar-refractivity contribution >= 4 is 55.7 Å². The number of methoxy groups -OCH3 is 1. The number of benzene rings is 2. The van der Waals surface area contributed by atoms with E-state index in [1.807, 2.05) is 6.07 Å². The van der Waals surface area contributed by atoms with E-state index in [-0.39, 0.29) is 17.3 Å². The molecule has 1 aromatic heterocycles. The van der Waals surface area contributed by atoms with Crippen molar-refractivity contribution in [1.82, 2.24) is 14.6 Å². The Hall–Kier alpha value is -3.19. The maximum Gasteiger partial charge on any atom is 0.328 e. The van der Waals surface area contributed by atoms with Gasteiger partial charge in [0.2, 0.25) is 15.9 Å². The van der Waals surface area contributed by atoms with Crippen LogP contribution in [0.25, 0.3) is 0 Å². The number of fused-ring (bicyclic) bond motifs is 2. The van der Waals surface area contributed by atoms with Crippen molar-refractivity contribution < 1.29 is 22.7 Å². The number of hydrogen-bond donors (Lipinski definition) is 2. The third-order valence-electron chi connectivity index (χ3n) is 6.94. The SMILES string of the molecule is COc1cccc(CNS(=O)(=O)c2ccc3c(c2)C2(CCN(C(C)=O)C2)CN3C(=O)Nc2ncc(Cl)s2)c1. The van der Waals surface area contributed by atoms with Gasteiger partial charge in [0.05, 0.1) is 18.2 Å². The second kappa shape index (κ2) is 10.2. The highest BCUT2D eigenvalue weighted by Gasteiger charge is 2.50. The van der Waals surface area contributed by atoms with Gasteiger partial charge in [0.1, 0.15) is 10.1 Å². The Morgan fingerprint density at radius 2 is 2.03 bits per heavy atom. The predicted octanol–water partition coefficient (Wildman–Crippen LogP) is 3.83. The number of sulfonamides is 1. The quantitative estimate of drug-likeness (QED) is 0.461. The Morgan fingerprint density at radius 3 is 2.71 bits per heavy atom. The first kappa shape index (κ1) is 26.4. The molecule has 2 aliphatic rings. The van der Waals surface area contributed by atoms with Crippen LogP contribution in [0.15, 0.2) is 53.6 Å². The van der Waals surface area contributed by atoms with Gasteiger partial charge in [-0.3, -0.25) is 15.0 Å². The second-order valence-electron chi connectivity index (χ2n) is 9.31. The number of amides is 3. The number of rotatable bonds is 6. The first-order chi connectivity index (χ1) is 18.1. The molecule has 3 aromatic rings. The summed E-state index contributed by atoms with van der Waals surface area (Å²) in [5.74, 6) is 0.573. The van der Waals surface area contributed by atoms with Gasteiger partial charge < -0.3 is 9.64 Å². The lowest BCUT2D eigenvalue weighted by Gasteiger charge is -2.25. The Kier molecular flexibility index (Phi) is 7.07. The number of nitrogens with zero attached hydrogens (tertiary/aromatic N) is 3. The van der Waals surface area contributed by atoms with Crippen molar-refractivity contribution in [3.8, 4) is 5.75 Å². The average molecular weight is 576 g/mol. The van der Waals surface area contributed by atoms with Crippen molar-refractivity contribution in [3.63, 3.8) is 0 Å². The Bertz CT molecular complexity index is 1510. The van der Waals surface area contributed by atoms with Gasteiger partial charge in [-0.15, -0.1) is 0 Å². The molecular formula is C25H26ClN5O5S2. The number of halogens is 1. The molecule has 38 heavy (non-hydrogen) atoms. The van der Waals surface area contributed by atoms with Gasteiger partial charge in [-0.05, 0) is 47.9 Å². The fourth-order valence-electron chi connectivity index (χ4n) is 5.00. The summed E-state index contributed by atoms with van der Waals surface area (Å²) in [4.78, 5) is 32.9. The predicted molar refractivity (Wildman–Crippen MR) is 145 cm³/mol. The molecule has 3 amide bonds. The average Bonchev–Trinajstić information content (AvgIpc) is 3.61. The van der Waals surface area contributed by atoms with E-state index in [1.54, 1.807) is 47.2 Å². The maximum atomic E-state index is 13.3. The van der Waals surface area contributed by atoms with Crippen molar-refractivity contribution in [2.75, 3.05) is 37.0 Å². The lowest BCUT2D eigenvalue weighted by atomic mass is 9.81. The first-order valence-corrected chi connectivity index (χ1v) is 14.5. The minimum atomic E-state index is -3.87. The van der Waals surface area contributed by atoms with Gasteiger partial charge in [-0.25, -0.2) is 22.9 Å². The normalized spacial score (nSPS) is 18.6. The molecule has 1 unspecified atom stereocenters. The van der Waals surface area contributed by atoms with E-state index in [0.717, 1.165) is 22.5 Å². The highest BCUT2D eigenvalue weighted by atomic mass is 35.5. The summed E-state index contributed by atoms with van der Waals surface area (Å²) in [5.41, 5.74) is 1.49. The zero-order valence-electron chi connectivity index (χ0n) is 20.7. The molecule has 1 saturated heterocycles. The van der Waals surface area contributed by atoms with Crippen LogP contribution in [0.2, 0.25) is 4.34 Å². The van der Waals surface area contributed by atoms with Gasteiger partial charge in [0.25, 0.3) is 0 Å². The standard InChI is InChI=1S/C25H26ClN5O5S2/c1-16(32)30-9-8-25(14-30)15-31(24(33)29-23-27-13-22(26)37-23)21-7-6-19(11-20(21)25)38(34,35)28-12-17-4-3-5-18(10-17)36-2/h3-7,10-11,13,28H,8-9,12,14-15H2,1-2H3,(H,27,29,33). The summed E-state index contributed by atoms with van der Waals surface area (Å²) in [6.45, 7) is 2.82. The molecule has 1 fully saturated rings. The Balaban J connectivity index is 1.45. The van der Waals surface area contributed by atoms with E-state index in [4.69, 9.17) is 16.3 Å². The van der Waals surface area contributed by atoms with E-state index in [2.05, 4.69) is 15.0 Å². The molecule has 5 rings (SSSR count). The molecule has 2 aromatic carbocycles. The summed E-state index contributed by atoms with van der Waals surface area (Å²) in [6.07, 6.45) is 2.06. The van der Waals surface area contributed by atoms with Crippen LogP contribution in [-0.2, 0) is 26.8 Å². The molecule has 0 saturated carbocycles. The summed E-state index contributed by atoms with van der Waals surface area (Å²) < 4.78 is 34.9. The van der Waals surface area contributed by atoms with Gasteiger partial charge >= 0.3 is 6.03 Å². The number of ether oxygens (including phenoxy) is 1. The number of anilines is 2. The van der Waals surface area contributed by atoms with Crippen LogP contribution in [-0.4, -0.2) is 57.0 Å². The molecule has 0 radical (unpaired) electrons. The summed E-state index contributed by atoms with van der Waals surface area (Å²) in [6, 6.07) is 11.5. The zero-order valence-corrected chi connectivity index (χ0v) is 23.1. The number of aromatic nitrogens is 1. The lowest BCUT2D eigenvalue weighted by Crippen LogP contribution is -2.41. The zero-order chi connectivity index (χ0) is 27.1. The smallest absolute Gasteiger partial charge is 0.328 e. The molecular weight excluding hydrogens is 550 g/mol. The largest absolute Gasteiger partial charge is 0.497 e. The van der Waals surface area contributed by atoms with Crippen LogP contribution in [0.1, 0.15) is 24.5 Å². The van der Waals surface area contributed by atoms with Crippen molar-refractivity contribution in [3.05, 3.63) is 64.1 Å². The third-order valence-corrected chi connectivity index (χ3v) is 9.37. The lowest BCUT2D eigenvalue weighted by molar-refractivity contribution is -0.127. The first-order valence-electron chi connectivity index (χ1n) is 11.8. The fraction of sp³-hybridized carbons (Fsp3) is 0.320. The van der Waals surface area contributed by atoms with Crippen molar-refractivity contribution in [1.29, 1.82) is 0 Å². The molecule has 10 nitrogen and oxygen atoms in total. The summed E-state index contributed by atoms with van der Waals surface area (Å²) >= 11 is 7.10. The molecule has 1 spiro atoms. The van der Waals surface area contributed by atoms with E-state index in [0.29, 0.717) is 47.0 Å². The van der Waals surface area contributed by atoms with Gasteiger partial charge in [-0.1, -0.05) is 35.1 Å². The molecule has 0 bridgehead atoms. The van der Waals surface area contributed by atoms with Crippen molar-refractivity contribution in [2.24, 2.45) is 0 Å². The number of thiazole rings is 1. The van der Waals surface area contributed by atoms with E-state index in [9.17, 15) is 18.0 Å². The monoisotopic (exact) mass is 575 g/mol. The number of hydrogen-bond acceptors (Lipinski definition) is 7.